The van der Waals surface area contributed by atoms with Crippen molar-refractivity contribution in [1.29, 1.82) is 0 Å². The average molecular weight is 205 g/mol. The number of carbonyl (C=O) groups excluding carboxylic acids is 2. The quantitative estimate of drug-likeness (QED) is 0.654. The molecule has 0 bridgehead atoms. The van der Waals surface area contributed by atoms with Crippen LogP contribution in [0.15, 0.2) is 0 Å². The minimum atomic E-state index is -0.229. The normalized spacial score (nSPS) is 15.2. The van der Waals surface area contributed by atoms with Crippen LogP contribution < -0.4 is 5.32 Å². The molecule has 0 aromatic rings. The largest absolute Gasteiger partial charge is 0.352 e. The van der Waals surface area contributed by atoms with Gasteiger partial charge < -0.3 is 10.2 Å². The second kappa shape index (κ2) is 4.46. The summed E-state index contributed by atoms with van der Waals surface area (Å²) >= 11 is 5.33. The van der Waals surface area contributed by atoms with Gasteiger partial charge in [-0.2, -0.15) is 0 Å². The third-order valence-corrected chi connectivity index (χ3v) is 2.09. The van der Waals surface area contributed by atoms with E-state index in [-0.39, 0.29) is 24.2 Å². The van der Waals surface area contributed by atoms with E-state index in [4.69, 9.17) is 11.6 Å². The van der Waals surface area contributed by atoms with Crippen molar-refractivity contribution in [2.75, 3.05) is 19.5 Å². The third kappa shape index (κ3) is 3.63. The number of likely N-dealkylation sites (N-methyl/N-ethyl adjacent to an activating group) is 1. The van der Waals surface area contributed by atoms with Crippen LogP contribution >= 0.6 is 11.6 Å². The Labute approximate surface area is 82.2 Å². The van der Waals surface area contributed by atoms with Crippen LogP contribution in [0.3, 0.4) is 0 Å². The lowest BCUT2D eigenvalue weighted by Crippen LogP contribution is -2.39. The van der Waals surface area contributed by atoms with E-state index in [2.05, 4.69) is 5.32 Å². The monoisotopic (exact) mass is 204 g/mol. The summed E-state index contributed by atoms with van der Waals surface area (Å²) in [7, 11) is 1.57. The van der Waals surface area contributed by atoms with Gasteiger partial charge in [-0.05, 0) is 12.8 Å². The fraction of sp³-hybridized carbons (Fsp3) is 0.750. The predicted octanol–water partition coefficient (Wildman–Crippen LogP) is -0.0378. The van der Waals surface area contributed by atoms with Crippen molar-refractivity contribution in [3.63, 3.8) is 0 Å². The smallest absolute Gasteiger partial charge is 0.239 e. The molecule has 0 unspecified atom stereocenters. The number of carbonyl (C=O) groups is 2. The lowest BCUT2D eigenvalue weighted by molar-refractivity contribution is -0.132. The van der Waals surface area contributed by atoms with Crippen molar-refractivity contribution in [3.8, 4) is 0 Å². The second-order valence-corrected chi connectivity index (χ2v) is 3.49. The molecule has 1 aliphatic rings. The van der Waals surface area contributed by atoms with Crippen LogP contribution in [0.5, 0.6) is 0 Å². The topological polar surface area (TPSA) is 49.4 Å². The van der Waals surface area contributed by atoms with Crippen LogP contribution in [-0.4, -0.2) is 42.2 Å². The molecule has 4 nitrogen and oxygen atoms in total. The van der Waals surface area contributed by atoms with Gasteiger partial charge in [-0.3, -0.25) is 9.59 Å². The molecule has 1 fully saturated rings. The van der Waals surface area contributed by atoms with E-state index in [0.717, 1.165) is 12.8 Å². The zero-order valence-corrected chi connectivity index (χ0v) is 8.30. The summed E-state index contributed by atoms with van der Waals surface area (Å²) in [5.74, 6) is -0.413. The minimum Gasteiger partial charge on any atom is -0.352 e. The Balaban J connectivity index is 2.21. The summed E-state index contributed by atoms with van der Waals surface area (Å²) in [5.41, 5.74) is 0. The number of amides is 2. The maximum absolute atomic E-state index is 11.2. The number of halogens is 1. The van der Waals surface area contributed by atoms with Gasteiger partial charge in [0, 0.05) is 13.1 Å². The van der Waals surface area contributed by atoms with E-state index in [1.165, 1.54) is 4.90 Å². The average Bonchev–Trinajstić information content (AvgIpc) is 2.86. The van der Waals surface area contributed by atoms with E-state index in [0.29, 0.717) is 6.04 Å². The minimum absolute atomic E-state index is 0.0762. The number of alkyl halides is 1. The first-order valence-corrected chi connectivity index (χ1v) is 4.76. The van der Waals surface area contributed by atoms with Gasteiger partial charge in [0.15, 0.2) is 0 Å². The Kier molecular flexibility index (Phi) is 3.54. The first-order chi connectivity index (χ1) is 6.13. The Hall–Kier alpha value is -0.770. The SMILES string of the molecule is CN(CC(=O)NC1CC1)C(=O)CCl. The van der Waals surface area contributed by atoms with Crippen LogP contribution in [0.2, 0.25) is 0 Å². The molecule has 0 spiro atoms. The van der Waals surface area contributed by atoms with Crippen molar-refractivity contribution in [2.24, 2.45) is 0 Å². The van der Waals surface area contributed by atoms with Crippen molar-refractivity contribution >= 4 is 23.4 Å². The fourth-order valence-electron chi connectivity index (χ4n) is 0.907. The van der Waals surface area contributed by atoms with Gasteiger partial charge in [-0.25, -0.2) is 0 Å². The molecule has 2 amide bonds. The third-order valence-electron chi connectivity index (χ3n) is 1.86. The molecule has 0 aromatic heterocycles. The molecule has 1 N–H and O–H groups in total. The van der Waals surface area contributed by atoms with Crippen molar-refractivity contribution in [3.05, 3.63) is 0 Å². The summed E-state index contributed by atoms with van der Waals surface area (Å²) < 4.78 is 0. The molecule has 0 heterocycles. The summed E-state index contributed by atoms with van der Waals surface area (Å²) in [6.07, 6.45) is 2.11. The number of hydrogen-bond donors (Lipinski definition) is 1. The van der Waals surface area contributed by atoms with Gasteiger partial charge in [-0.1, -0.05) is 0 Å². The highest BCUT2D eigenvalue weighted by Crippen LogP contribution is 2.18. The first-order valence-electron chi connectivity index (χ1n) is 4.22. The molecule has 5 heteroatoms. The Bertz CT molecular complexity index is 216. The molecule has 74 valence electrons. The number of nitrogens with one attached hydrogen (secondary N) is 1. The maximum atomic E-state index is 11.2. The standard InChI is InChI=1S/C8H13ClN2O2/c1-11(8(13)4-9)5-7(12)10-6-2-3-6/h6H,2-5H2,1H3,(H,10,12). The highest BCUT2D eigenvalue weighted by Gasteiger charge is 2.24. The van der Waals surface area contributed by atoms with E-state index < -0.39 is 0 Å². The van der Waals surface area contributed by atoms with Gasteiger partial charge in [0.25, 0.3) is 0 Å². The van der Waals surface area contributed by atoms with Gasteiger partial charge in [0.05, 0.1) is 6.54 Å². The lowest BCUT2D eigenvalue weighted by Gasteiger charge is -2.14. The lowest BCUT2D eigenvalue weighted by atomic mass is 10.5. The zero-order valence-electron chi connectivity index (χ0n) is 7.55. The molecule has 0 saturated heterocycles. The summed E-state index contributed by atoms with van der Waals surface area (Å²) in [4.78, 5) is 23.5. The van der Waals surface area contributed by atoms with Crippen LogP contribution in [0.25, 0.3) is 0 Å². The molecule has 1 aliphatic carbocycles. The van der Waals surface area contributed by atoms with Gasteiger partial charge in [0.1, 0.15) is 5.88 Å². The summed E-state index contributed by atoms with van der Waals surface area (Å²) in [6.45, 7) is 0.0993. The summed E-state index contributed by atoms with van der Waals surface area (Å²) in [5, 5.41) is 2.79. The molecular formula is C8H13ClN2O2. The molecule has 0 radical (unpaired) electrons. The first kappa shape index (κ1) is 10.3. The number of hydrogen-bond acceptors (Lipinski definition) is 2. The highest BCUT2D eigenvalue weighted by atomic mass is 35.5. The van der Waals surface area contributed by atoms with Crippen LogP contribution in [0.1, 0.15) is 12.8 Å². The Morgan fingerprint density at radius 2 is 2.15 bits per heavy atom. The number of rotatable bonds is 4. The fourth-order valence-corrected chi connectivity index (χ4v) is 1.11. The Morgan fingerprint density at radius 3 is 2.62 bits per heavy atom. The Morgan fingerprint density at radius 1 is 1.54 bits per heavy atom. The molecule has 1 saturated carbocycles. The van der Waals surface area contributed by atoms with Crippen LogP contribution in [0.4, 0.5) is 0 Å². The predicted molar refractivity (Wildman–Crippen MR) is 49.5 cm³/mol. The van der Waals surface area contributed by atoms with E-state index in [1.807, 2.05) is 0 Å². The molecule has 13 heavy (non-hydrogen) atoms. The summed E-state index contributed by atoms with van der Waals surface area (Å²) in [6, 6.07) is 0.340. The molecular weight excluding hydrogens is 192 g/mol. The van der Waals surface area contributed by atoms with Crippen LogP contribution in [-0.2, 0) is 9.59 Å². The maximum Gasteiger partial charge on any atom is 0.239 e. The molecule has 1 rings (SSSR count). The van der Waals surface area contributed by atoms with Gasteiger partial charge in [-0.15, -0.1) is 11.6 Å². The van der Waals surface area contributed by atoms with E-state index in [9.17, 15) is 9.59 Å². The van der Waals surface area contributed by atoms with Crippen molar-refractivity contribution in [2.45, 2.75) is 18.9 Å². The van der Waals surface area contributed by atoms with Crippen molar-refractivity contribution in [1.82, 2.24) is 10.2 Å². The highest BCUT2D eigenvalue weighted by molar-refractivity contribution is 6.27. The second-order valence-electron chi connectivity index (χ2n) is 3.23. The van der Waals surface area contributed by atoms with E-state index >= 15 is 0 Å². The molecule has 0 aliphatic heterocycles. The van der Waals surface area contributed by atoms with Crippen LogP contribution in [0, 0.1) is 0 Å². The van der Waals surface area contributed by atoms with Gasteiger partial charge in [0.2, 0.25) is 11.8 Å². The molecule has 0 aromatic carbocycles. The van der Waals surface area contributed by atoms with Gasteiger partial charge >= 0.3 is 0 Å². The number of nitrogens with zero attached hydrogens (tertiary/aromatic N) is 1. The van der Waals surface area contributed by atoms with E-state index in [1.54, 1.807) is 7.05 Å². The zero-order chi connectivity index (χ0) is 9.84. The molecule has 0 atom stereocenters. The van der Waals surface area contributed by atoms with Crippen molar-refractivity contribution < 1.29 is 9.59 Å².